The van der Waals surface area contributed by atoms with E-state index in [0.29, 0.717) is 30.3 Å². The van der Waals surface area contributed by atoms with Gasteiger partial charge in [-0.3, -0.25) is 4.79 Å². The standard InChI is InChI=1S/C18H34N2O3.ClH/c1-15(16-4-8-19-9-5-16)14-18(21)20-10-6-17(7-11-20)23-13-3-12-22-2;/h15-17,19H,3-14H2,1-2H3;1H. The number of carbonyl (C=O) groups is 1. The van der Waals surface area contributed by atoms with Crippen LogP contribution in [0.25, 0.3) is 0 Å². The molecule has 2 aliphatic rings. The average molecular weight is 363 g/mol. The molecule has 1 amide bonds. The summed E-state index contributed by atoms with van der Waals surface area (Å²) in [7, 11) is 1.72. The highest BCUT2D eigenvalue weighted by atomic mass is 35.5. The summed E-state index contributed by atoms with van der Waals surface area (Å²) in [6.07, 6.45) is 6.35. The monoisotopic (exact) mass is 362 g/mol. The molecule has 2 fully saturated rings. The molecule has 0 spiro atoms. The first kappa shape index (κ1) is 21.7. The molecule has 1 N–H and O–H groups in total. The van der Waals surface area contributed by atoms with Crippen molar-refractivity contribution in [1.29, 1.82) is 0 Å². The Kier molecular flexibility index (Phi) is 10.9. The SMILES string of the molecule is COCCCOC1CCN(C(=O)CC(C)C2CCNCC2)CC1.Cl. The Morgan fingerprint density at radius 1 is 1.17 bits per heavy atom. The van der Waals surface area contributed by atoms with Gasteiger partial charge in [-0.1, -0.05) is 6.92 Å². The first-order valence-corrected chi connectivity index (χ1v) is 9.29. The van der Waals surface area contributed by atoms with Crippen molar-refractivity contribution in [1.82, 2.24) is 10.2 Å². The van der Waals surface area contributed by atoms with Crippen molar-refractivity contribution in [2.45, 2.75) is 51.6 Å². The van der Waals surface area contributed by atoms with Crippen LogP contribution in [0.3, 0.4) is 0 Å². The molecule has 24 heavy (non-hydrogen) atoms. The number of amides is 1. The van der Waals surface area contributed by atoms with Crippen LogP contribution in [0.2, 0.25) is 0 Å². The number of ether oxygens (including phenoxy) is 2. The van der Waals surface area contributed by atoms with Gasteiger partial charge in [-0.05, 0) is 57.0 Å². The Balaban J connectivity index is 0.00000288. The van der Waals surface area contributed by atoms with Crippen LogP contribution in [0.5, 0.6) is 0 Å². The molecule has 1 unspecified atom stereocenters. The highest BCUT2D eigenvalue weighted by Gasteiger charge is 2.27. The zero-order chi connectivity index (χ0) is 16.5. The Labute approximate surface area is 153 Å². The molecule has 0 aromatic heterocycles. The number of hydrogen-bond acceptors (Lipinski definition) is 4. The highest BCUT2D eigenvalue weighted by Crippen LogP contribution is 2.25. The molecule has 6 heteroatoms. The molecule has 0 radical (unpaired) electrons. The maximum Gasteiger partial charge on any atom is 0.222 e. The molecular formula is C18H35ClN2O3. The van der Waals surface area contributed by atoms with E-state index in [1.54, 1.807) is 7.11 Å². The number of carbonyl (C=O) groups excluding carboxylic acids is 1. The van der Waals surface area contributed by atoms with E-state index in [-0.39, 0.29) is 12.4 Å². The summed E-state index contributed by atoms with van der Waals surface area (Å²) in [4.78, 5) is 14.6. The molecule has 0 bridgehead atoms. The number of likely N-dealkylation sites (tertiary alicyclic amines) is 1. The van der Waals surface area contributed by atoms with Gasteiger partial charge in [0, 0.05) is 39.8 Å². The van der Waals surface area contributed by atoms with Gasteiger partial charge < -0.3 is 19.7 Å². The van der Waals surface area contributed by atoms with Crippen molar-refractivity contribution in [3.63, 3.8) is 0 Å². The average Bonchev–Trinajstić information content (AvgIpc) is 2.60. The van der Waals surface area contributed by atoms with Gasteiger partial charge in [0.05, 0.1) is 6.10 Å². The van der Waals surface area contributed by atoms with Crippen molar-refractivity contribution >= 4 is 18.3 Å². The van der Waals surface area contributed by atoms with Crippen LogP contribution in [-0.4, -0.2) is 63.4 Å². The van der Waals surface area contributed by atoms with Crippen molar-refractivity contribution in [3.8, 4) is 0 Å². The van der Waals surface area contributed by atoms with E-state index in [1.165, 1.54) is 12.8 Å². The summed E-state index contributed by atoms with van der Waals surface area (Å²) in [5.74, 6) is 1.56. The van der Waals surface area contributed by atoms with Gasteiger partial charge >= 0.3 is 0 Å². The van der Waals surface area contributed by atoms with E-state index in [9.17, 15) is 4.79 Å². The zero-order valence-corrected chi connectivity index (χ0v) is 16.1. The minimum absolute atomic E-state index is 0. The number of piperidine rings is 2. The third-order valence-electron chi connectivity index (χ3n) is 5.33. The number of halogens is 1. The topological polar surface area (TPSA) is 50.8 Å². The number of nitrogens with zero attached hydrogens (tertiary/aromatic N) is 1. The summed E-state index contributed by atoms with van der Waals surface area (Å²) in [6.45, 7) is 7.69. The van der Waals surface area contributed by atoms with Crippen LogP contribution < -0.4 is 5.32 Å². The summed E-state index contributed by atoms with van der Waals surface area (Å²) in [5.41, 5.74) is 0. The van der Waals surface area contributed by atoms with E-state index < -0.39 is 0 Å². The highest BCUT2D eigenvalue weighted by molar-refractivity contribution is 5.85. The van der Waals surface area contributed by atoms with Gasteiger partial charge in [0.25, 0.3) is 0 Å². The van der Waals surface area contributed by atoms with Gasteiger partial charge in [0.1, 0.15) is 0 Å². The quantitative estimate of drug-likeness (QED) is 0.674. The number of hydrogen-bond donors (Lipinski definition) is 1. The molecular weight excluding hydrogens is 328 g/mol. The van der Waals surface area contributed by atoms with Crippen LogP contribution in [-0.2, 0) is 14.3 Å². The molecule has 0 aromatic rings. The fourth-order valence-corrected chi connectivity index (χ4v) is 3.71. The lowest BCUT2D eigenvalue weighted by atomic mass is 9.84. The van der Waals surface area contributed by atoms with Gasteiger partial charge in [-0.2, -0.15) is 0 Å². The summed E-state index contributed by atoms with van der Waals surface area (Å²) >= 11 is 0. The third-order valence-corrected chi connectivity index (χ3v) is 5.33. The fourth-order valence-electron chi connectivity index (χ4n) is 3.71. The van der Waals surface area contributed by atoms with E-state index in [2.05, 4.69) is 12.2 Å². The van der Waals surface area contributed by atoms with E-state index in [1.807, 2.05) is 4.90 Å². The Bertz CT molecular complexity index is 343. The van der Waals surface area contributed by atoms with Crippen LogP contribution in [0.4, 0.5) is 0 Å². The summed E-state index contributed by atoms with van der Waals surface area (Å²) < 4.78 is 10.9. The van der Waals surface area contributed by atoms with Gasteiger partial charge in [-0.25, -0.2) is 0 Å². The van der Waals surface area contributed by atoms with E-state index in [0.717, 1.165) is 58.7 Å². The van der Waals surface area contributed by atoms with E-state index >= 15 is 0 Å². The second kappa shape index (κ2) is 12.1. The van der Waals surface area contributed by atoms with Crippen LogP contribution in [0.1, 0.15) is 45.4 Å². The van der Waals surface area contributed by atoms with Gasteiger partial charge in [0.15, 0.2) is 0 Å². The normalized spacial score (nSPS) is 21.3. The predicted octanol–water partition coefficient (Wildman–Crippen LogP) is 2.48. The first-order valence-electron chi connectivity index (χ1n) is 9.29. The van der Waals surface area contributed by atoms with Crippen molar-refractivity contribution in [3.05, 3.63) is 0 Å². The Hall–Kier alpha value is -0.360. The molecule has 5 nitrogen and oxygen atoms in total. The lowest BCUT2D eigenvalue weighted by molar-refractivity contribution is -0.135. The van der Waals surface area contributed by atoms with Crippen molar-refractivity contribution in [2.24, 2.45) is 11.8 Å². The summed E-state index contributed by atoms with van der Waals surface area (Å²) in [6, 6.07) is 0. The fraction of sp³-hybridized carbons (Fsp3) is 0.944. The maximum atomic E-state index is 12.5. The number of nitrogens with one attached hydrogen (secondary N) is 1. The van der Waals surface area contributed by atoms with Gasteiger partial charge in [0.2, 0.25) is 5.91 Å². The minimum Gasteiger partial charge on any atom is -0.385 e. The van der Waals surface area contributed by atoms with Crippen LogP contribution in [0, 0.1) is 11.8 Å². The van der Waals surface area contributed by atoms with Crippen LogP contribution >= 0.6 is 12.4 Å². The largest absolute Gasteiger partial charge is 0.385 e. The molecule has 2 heterocycles. The lowest BCUT2D eigenvalue weighted by Crippen LogP contribution is -2.42. The first-order chi connectivity index (χ1) is 11.2. The van der Waals surface area contributed by atoms with Crippen LogP contribution in [0.15, 0.2) is 0 Å². The molecule has 2 aliphatic heterocycles. The minimum atomic E-state index is 0. The molecule has 0 saturated carbocycles. The second-order valence-corrected chi connectivity index (χ2v) is 7.07. The van der Waals surface area contributed by atoms with Gasteiger partial charge in [-0.15, -0.1) is 12.4 Å². The maximum absolute atomic E-state index is 12.5. The molecule has 2 rings (SSSR count). The van der Waals surface area contributed by atoms with Crippen molar-refractivity contribution in [2.75, 3.05) is 46.5 Å². The third kappa shape index (κ3) is 7.26. The van der Waals surface area contributed by atoms with E-state index in [4.69, 9.17) is 9.47 Å². The van der Waals surface area contributed by atoms with Crippen molar-refractivity contribution < 1.29 is 14.3 Å². The molecule has 1 atom stereocenters. The number of rotatable bonds is 8. The lowest BCUT2D eigenvalue weighted by Gasteiger charge is -2.34. The zero-order valence-electron chi connectivity index (χ0n) is 15.3. The molecule has 142 valence electrons. The Morgan fingerprint density at radius 3 is 2.46 bits per heavy atom. The number of methoxy groups -OCH3 is 1. The predicted molar refractivity (Wildman–Crippen MR) is 98.7 cm³/mol. The molecule has 0 aromatic carbocycles. The Morgan fingerprint density at radius 2 is 1.83 bits per heavy atom. The molecule has 0 aliphatic carbocycles. The second-order valence-electron chi connectivity index (χ2n) is 7.07. The molecule has 2 saturated heterocycles. The summed E-state index contributed by atoms with van der Waals surface area (Å²) in [5, 5.41) is 3.40. The smallest absolute Gasteiger partial charge is 0.222 e.